The van der Waals surface area contributed by atoms with Gasteiger partial charge in [0.2, 0.25) is 5.95 Å². The number of anilines is 2. The smallest absolute Gasteiger partial charge is 0.229 e. The van der Waals surface area contributed by atoms with Crippen LogP contribution in [0.3, 0.4) is 0 Å². The summed E-state index contributed by atoms with van der Waals surface area (Å²) in [6, 6.07) is 20.3. The van der Waals surface area contributed by atoms with E-state index in [1.807, 2.05) is 65.6 Å². The second-order valence-corrected chi connectivity index (χ2v) is 8.79. The summed E-state index contributed by atoms with van der Waals surface area (Å²) in [5.74, 6) is 1.51. The molecule has 3 aromatic heterocycles. The number of hydrogen-bond donors (Lipinski definition) is 1. The number of nitrogens with zero attached hydrogens (tertiary/aromatic N) is 8. The van der Waals surface area contributed by atoms with E-state index in [1.165, 1.54) is 12.0 Å². The molecule has 0 radical (unpaired) electrons. The van der Waals surface area contributed by atoms with Crippen molar-refractivity contribution in [2.45, 2.75) is 32.4 Å². The van der Waals surface area contributed by atoms with Crippen molar-refractivity contribution < 1.29 is 0 Å². The number of benzene rings is 2. The average molecular weight is 466 g/mol. The van der Waals surface area contributed by atoms with Gasteiger partial charge in [0.15, 0.2) is 17.0 Å². The van der Waals surface area contributed by atoms with Crippen molar-refractivity contribution in [2.24, 2.45) is 0 Å². The van der Waals surface area contributed by atoms with Crippen LogP contribution in [0, 0.1) is 0 Å². The molecule has 4 heterocycles. The minimum Gasteiger partial charge on any atom is -0.364 e. The molecule has 0 saturated carbocycles. The molecule has 2 aromatic carbocycles. The predicted octanol–water partition coefficient (Wildman–Crippen LogP) is 4.06. The SMILES string of the molecule is c1ccc(CNc2nc(N3CCCCC3)nc3c2ncn3Cc2cn(-c3ccccc3)nn2)cc1. The minimum atomic E-state index is 0.526. The second kappa shape index (κ2) is 9.54. The maximum atomic E-state index is 4.96. The number of fused-ring (bicyclic) bond motifs is 1. The highest BCUT2D eigenvalue weighted by atomic mass is 15.4. The van der Waals surface area contributed by atoms with Gasteiger partial charge >= 0.3 is 0 Å². The Hall–Kier alpha value is -4.27. The first kappa shape index (κ1) is 21.3. The van der Waals surface area contributed by atoms with Crippen molar-refractivity contribution in [3.8, 4) is 5.69 Å². The van der Waals surface area contributed by atoms with Crippen LogP contribution in [0.5, 0.6) is 0 Å². The Morgan fingerprint density at radius 3 is 2.43 bits per heavy atom. The Bertz CT molecular complexity index is 1400. The molecule has 0 atom stereocenters. The molecule has 1 fully saturated rings. The summed E-state index contributed by atoms with van der Waals surface area (Å²) in [7, 11) is 0. The number of aromatic nitrogens is 7. The summed E-state index contributed by atoms with van der Waals surface area (Å²) in [5, 5.41) is 12.2. The first-order chi connectivity index (χ1) is 17.3. The number of hydrogen-bond acceptors (Lipinski definition) is 7. The number of imidazole rings is 1. The lowest BCUT2D eigenvalue weighted by atomic mass is 10.1. The standard InChI is InChI=1S/C26H27N9/c1-4-10-20(11-5-1)16-27-24-23-25(30-26(29-24)33-14-8-3-9-15-33)34(19-28-23)17-21-18-35(32-31-21)22-12-6-2-7-13-22/h1-2,4-7,10-13,18-19H,3,8-9,14-17H2,(H,27,29,30). The van der Waals surface area contributed by atoms with Crippen LogP contribution < -0.4 is 10.2 Å². The minimum absolute atomic E-state index is 0.526. The third kappa shape index (κ3) is 4.57. The number of piperidine rings is 1. The predicted molar refractivity (Wildman–Crippen MR) is 136 cm³/mol. The van der Waals surface area contributed by atoms with Crippen molar-refractivity contribution in [2.75, 3.05) is 23.3 Å². The van der Waals surface area contributed by atoms with E-state index in [-0.39, 0.29) is 0 Å². The third-order valence-corrected chi connectivity index (χ3v) is 6.29. The van der Waals surface area contributed by atoms with Gasteiger partial charge in [-0.05, 0) is 37.0 Å². The van der Waals surface area contributed by atoms with Gasteiger partial charge in [-0.25, -0.2) is 9.67 Å². The molecule has 9 nitrogen and oxygen atoms in total. The second-order valence-electron chi connectivity index (χ2n) is 8.79. The molecule has 1 aliphatic heterocycles. The van der Waals surface area contributed by atoms with Crippen LogP contribution >= 0.6 is 0 Å². The fourth-order valence-electron chi connectivity index (χ4n) is 4.44. The van der Waals surface area contributed by atoms with Crippen LogP contribution in [0.2, 0.25) is 0 Å². The molecule has 1 N–H and O–H groups in total. The van der Waals surface area contributed by atoms with Crippen molar-refractivity contribution >= 4 is 22.9 Å². The molecule has 35 heavy (non-hydrogen) atoms. The summed E-state index contributed by atoms with van der Waals surface area (Å²) in [4.78, 5) is 16.8. The van der Waals surface area contributed by atoms with E-state index in [0.29, 0.717) is 13.1 Å². The van der Waals surface area contributed by atoms with E-state index in [4.69, 9.17) is 9.97 Å². The number of nitrogens with one attached hydrogen (secondary N) is 1. The van der Waals surface area contributed by atoms with Gasteiger partial charge in [0.25, 0.3) is 0 Å². The lowest BCUT2D eigenvalue weighted by Crippen LogP contribution is -2.31. The normalized spacial score (nSPS) is 13.9. The quantitative estimate of drug-likeness (QED) is 0.388. The van der Waals surface area contributed by atoms with Crippen LogP contribution in [0.15, 0.2) is 73.2 Å². The molecule has 1 aliphatic rings. The Balaban J connectivity index is 1.33. The maximum Gasteiger partial charge on any atom is 0.229 e. The van der Waals surface area contributed by atoms with E-state index in [2.05, 4.69) is 37.6 Å². The molecule has 0 bridgehead atoms. The molecule has 9 heteroatoms. The molecule has 6 rings (SSSR count). The van der Waals surface area contributed by atoms with Crippen molar-refractivity contribution in [3.63, 3.8) is 0 Å². The Labute approximate surface area is 203 Å². The van der Waals surface area contributed by atoms with Gasteiger partial charge in [-0.1, -0.05) is 53.7 Å². The number of para-hydroxylation sites is 1. The van der Waals surface area contributed by atoms with E-state index < -0.39 is 0 Å². The molecule has 1 saturated heterocycles. The van der Waals surface area contributed by atoms with Gasteiger partial charge in [0.1, 0.15) is 5.69 Å². The average Bonchev–Trinajstić information content (AvgIpc) is 3.56. The van der Waals surface area contributed by atoms with Crippen LogP contribution in [0.25, 0.3) is 16.9 Å². The Kier molecular flexibility index (Phi) is 5.80. The van der Waals surface area contributed by atoms with Gasteiger partial charge in [-0.3, -0.25) is 0 Å². The van der Waals surface area contributed by atoms with Crippen LogP contribution in [-0.4, -0.2) is 47.6 Å². The van der Waals surface area contributed by atoms with Gasteiger partial charge in [-0.15, -0.1) is 5.10 Å². The fourth-order valence-corrected chi connectivity index (χ4v) is 4.44. The van der Waals surface area contributed by atoms with Gasteiger partial charge in [-0.2, -0.15) is 9.97 Å². The highest BCUT2D eigenvalue weighted by molar-refractivity contribution is 5.84. The van der Waals surface area contributed by atoms with Gasteiger partial charge in [0.05, 0.1) is 24.8 Å². The molecule has 0 amide bonds. The first-order valence-electron chi connectivity index (χ1n) is 12.1. The van der Waals surface area contributed by atoms with Crippen LogP contribution in [-0.2, 0) is 13.1 Å². The lowest BCUT2D eigenvalue weighted by molar-refractivity contribution is 0.568. The fraction of sp³-hybridized carbons (Fsp3) is 0.269. The van der Waals surface area contributed by atoms with Crippen LogP contribution in [0.4, 0.5) is 11.8 Å². The molecule has 0 spiro atoms. The molecule has 5 aromatic rings. The van der Waals surface area contributed by atoms with Gasteiger partial charge in [0, 0.05) is 19.6 Å². The summed E-state index contributed by atoms with van der Waals surface area (Å²) in [5.41, 5.74) is 4.56. The van der Waals surface area contributed by atoms with E-state index in [1.54, 1.807) is 4.68 Å². The van der Waals surface area contributed by atoms with E-state index >= 15 is 0 Å². The monoisotopic (exact) mass is 465 g/mol. The van der Waals surface area contributed by atoms with E-state index in [0.717, 1.165) is 60.2 Å². The molecule has 176 valence electrons. The Morgan fingerprint density at radius 1 is 0.857 bits per heavy atom. The van der Waals surface area contributed by atoms with Crippen molar-refractivity contribution in [1.29, 1.82) is 0 Å². The highest BCUT2D eigenvalue weighted by Gasteiger charge is 2.19. The molecule has 0 aliphatic carbocycles. The first-order valence-corrected chi connectivity index (χ1v) is 12.1. The van der Waals surface area contributed by atoms with Gasteiger partial charge < -0.3 is 14.8 Å². The Morgan fingerprint density at radius 2 is 1.63 bits per heavy atom. The molecular weight excluding hydrogens is 438 g/mol. The zero-order valence-electron chi connectivity index (χ0n) is 19.5. The summed E-state index contributed by atoms with van der Waals surface area (Å²) < 4.78 is 3.81. The zero-order valence-corrected chi connectivity index (χ0v) is 19.5. The van der Waals surface area contributed by atoms with Crippen molar-refractivity contribution in [3.05, 3.63) is 84.4 Å². The molecular formula is C26H27N9. The summed E-state index contributed by atoms with van der Waals surface area (Å²) in [6.07, 6.45) is 7.34. The highest BCUT2D eigenvalue weighted by Crippen LogP contribution is 2.25. The summed E-state index contributed by atoms with van der Waals surface area (Å²) in [6.45, 7) is 3.15. The van der Waals surface area contributed by atoms with Crippen molar-refractivity contribution in [1.82, 2.24) is 34.5 Å². The lowest BCUT2D eigenvalue weighted by Gasteiger charge is -2.27. The topological polar surface area (TPSA) is 89.6 Å². The largest absolute Gasteiger partial charge is 0.364 e. The molecule has 0 unspecified atom stereocenters. The zero-order chi connectivity index (χ0) is 23.5. The number of rotatable bonds is 7. The van der Waals surface area contributed by atoms with Crippen LogP contribution in [0.1, 0.15) is 30.5 Å². The maximum absolute atomic E-state index is 4.96. The van der Waals surface area contributed by atoms with E-state index in [9.17, 15) is 0 Å². The third-order valence-electron chi connectivity index (χ3n) is 6.29. The summed E-state index contributed by atoms with van der Waals surface area (Å²) >= 11 is 0.